The predicted octanol–water partition coefficient (Wildman–Crippen LogP) is 2.86. The number of allylic oxidation sites excluding steroid dienone is 5. The van der Waals surface area contributed by atoms with Crippen LogP contribution in [0.15, 0.2) is 72.2 Å². The zero-order valence-corrected chi connectivity index (χ0v) is 14.7. The topological polar surface area (TPSA) is 58.5 Å². The van der Waals surface area contributed by atoms with Gasteiger partial charge in [0, 0.05) is 31.9 Å². The largest absolute Gasteiger partial charge is 0.405 e. The molecule has 0 spiro atoms. The van der Waals surface area contributed by atoms with Crippen molar-refractivity contribution in [3.63, 3.8) is 0 Å². The molecule has 4 nitrogen and oxygen atoms in total. The summed E-state index contributed by atoms with van der Waals surface area (Å²) in [5.41, 5.74) is 9.45. The second kappa shape index (κ2) is 9.30. The summed E-state index contributed by atoms with van der Waals surface area (Å²) in [5, 5.41) is 1.89. The number of hydrogen-bond acceptors (Lipinski definition) is 4. The van der Waals surface area contributed by atoms with Crippen molar-refractivity contribution in [2.24, 2.45) is 17.5 Å². The number of rotatable bonds is 9. The molecule has 0 saturated heterocycles. The second-order valence-electron chi connectivity index (χ2n) is 6.53. The average Bonchev–Trinajstić information content (AvgIpc) is 3.29. The molecule has 4 heteroatoms. The summed E-state index contributed by atoms with van der Waals surface area (Å²) in [7, 11) is 0. The SMILES string of the molecule is C=C/C=C\C1=C(C)CN(C(/C=C/N)=C/C=C/CN(N)CC2CC2)C1. The van der Waals surface area contributed by atoms with Gasteiger partial charge in [-0.15, -0.1) is 0 Å². The Balaban J connectivity index is 1.91. The lowest BCUT2D eigenvalue weighted by atomic mass is 10.2. The maximum absolute atomic E-state index is 5.99. The monoisotopic (exact) mass is 326 g/mol. The van der Waals surface area contributed by atoms with Gasteiger partial charge < -0.3 is 10.6 Å². The molecule has 130 valence electrons. The highest BCUT2D eigenvalue weighted by Crippen LogP contribution is 2.28. The summed E-state index contributed by atoms with van der Waals surface area (Å²) < 4.78 is 0. The van der Waals surface area contributed by atoms with Crippen LogP contribution >= 0.6 is 0 Å². The molecule has 0 aromatic carbocycles. The predicted molar refractivity (Wildman–Crippen MR) is 103 cm³/mol. The third-order valence-corrected chi connectivity index (χ3v) is 4.34. The van der Waals surface area contributed by atoms with E-state index >= 15 is 0 Å². The van der Waals surface area contributed by atoms with Gasteiger partial charge in [-0.05, 0) is 55.2 Å². The zero-order valence-electron chi connectivity index (χ0n) is 14.7. The van der Waals surface area contributed by atoms with Crippen LogP contribution in [0, 0.1) is 5.92 Å². The zero-order chi connectivity index (χ0) is 17.4. The van der Waals surface area contributed by atoms with E-state index in [4.69, 9.17) is 11.6 Å². The van der Waals surface area contributed by atoms with Gasteiger partial charge in [-0.2, -0.15) is 0 Å². The Morgan fingerprint density at radius 1 is 1.33 bits per heavy atom. The quantitative estimate of drug-likeness (QED) is 0.389. The van der Waals surface area contributed by atoms with Gasteiger partial charge in [0.25, 0.3) is 0 Å². The fourth-order valence-electron chi connectivity index (χ4n) is 2.78. The van der Waals surface area contributed by atoms with Crippen LogP contribution in [-0.4, -0.2) is 36.1 Å². The molecule has 4 N–H and O–H groups in total. The molecule has 0 aromatic rings. The number of nitrogens with two attached hydrogens (primary N) is 2. The molecule has 2 aliphatic rings. The molecule has 0 amide bonds. The molecule has 1 aliphatic carbocycles. The molecular weight excluding hydrogens is 296 g/mol. The van der Waals surface area contributed by atoms with Crippen molar-refractivity contribution in [1.82, 2.24) is 9.91 Å². The minimum absolute atomic E-state index is 0.775. The van der Waals surface area contributed by atoms with Crippen LogP contribution < -0.4 is 11.6 Å². The van der Waals surface area contributed by atoms with Crippen LogP contribution in [0.1, 0.15) is 19.8 Å². The molecule has 1 aliphatic heterocycles. The summed E-state index contributed by atoms with van der Waals surface area (Å²) in [6.45, 7) is 9.49. The van der Waals surface area contributed by atoms with Gasteiger partial charge in [0.05, 0.1) is 0 Å². The first kappa shape index (κ1) is 18.3. The molecule has 0 bridgehead atoms. The Hall–Kier alpha value is -2.04. The van der Waals surface area contributed by atoms with Crippen LogP contribution in [0.4, 0.5) is 0 Å². The third-order valence-electron chi connectivity index (χ3n) is 4.34. The van der Waals surface area contributed by atoms with Crippen molar-refractivity contribution < 1.29 is 0 Å². The molecule has 24 heavy (non-hydrogen) atoms. The molecule has 1 heterocycles. The van der Waals surface area contributed by atoms with Gasteiger partial charge in [0.2, 0.25) is 0 Å². The van der Waals surface area contributed by atoms with Crippen LogP contribution in [0.2, 0.25) is 0 Å². The molecule has 1 fully saturated rings. The molecule has 0 aromatic heterocycles. The second-order valence-corrected chi connectivity index (χ2v) is 6.53. The van der Waals surface area contributed by atoms with E-state index < -0.39 is 0 Å². The lowest BCUT2D eigenvalue weighted by Crippen LogP contribution is -2.33. The van der Waals surface area contributed by atoms with E-state index in [0.717, 1.165) is 37.8 Å². The fourth-order valence-corrected chi connectivity index (χ4v) is 2.78. The smallest absolute Gasteiger partial charge is 0.0433 e. The van der Waals surface area contributed by atoms with Crippen LogP contribution in [0.3, 0.4) is 0 Å². The fraction of sp³-hybridized carbons (Fsp3) is 0.400. The Morgan fingerprint density at radius 2 is 2.12 bits per heavy atom. The average molecular weight is 326 g/mol. The van der Waals surface area contributed by atoms with Crippen molar-refractivity contribution in [2.75, 3.05) is 26.2 Å². The summed E-state index contributed by atoms with van der Waals surface area (Å²) in [6, 6.07) is 0. The minimum Gasteiger partial charge on any atom is -0.405 e. The van der Waals surface area contributed by atoms with E-state index in [1.807, 2.05) is 23.2 Å². The van der Waals surface area contributed by atoms with Crippen molar-refractivity contribution in [3.8, 4) is 0 Å². The first-order chi connectivity index (χ1) is 11.6. The Morgan fingerprint density at radius 3 is 2.79 bits per heavy atom. The van der Waals surface area contributed by atoms with Gasteiger partial charge >= 0.3 is 0 Å². The first-order valence-corrected chi connectivity index (χ1v) is 8.61. The van der Waals surface area contributed by atoms with E-state index in [1.165, 1.54) is 24.0 Å². The summed E-state index contributed by atoms with van der Waals surface area (Å²) in [5.74, 6) is 6.81. The third kappa shape index (κ3) is 5.87. The van der Waals surface area contributed by atoms with E-state index in [9.17, 15) is 0 Å². The number of hydrogen-bond donors (Lipinski definition) is 2. The minimum atomic E-state index is 0.775. The maximum Gasteiger partial charge on any atom is 0.0433 e. The lowest BCUT2D eigenvalue weighted by molar-refractivity contribution is 0.301. The van der Waals surface area contributed by atoms with Crippen LogP contribution in [-0.2, 0) is 0 Å². The normalized spacial score (nSPS) is 19.8. The summed E-state index contributed by atoms with van der Waals surface area (Å²) in [6.07, 6.45) is 18.4. The van der Waals surface area contributed by atoms with Crippen LogP contribution in [0.5, 0.6) is 0 Å². The standard InChI is InChI=1S/C20H30N4/c1-3-4-7-19-16-23(14-17(19)2)20(11-12-21)8-5-6-13-24(22)15-18-9-10-18/h3-8,11-12,18H,1,9-10,13-16,21-22H2,2H3/b6-5+,7-4-,12-11+,20-8+. The molecule has 0 atom stereocenters. The molecule has 0 unspecified atom stereocenters. The number of hydrazine groups is 1. The Kier molecular flexibility index (Phi) is 7.09. The molecule has 2 rings (SSSR count). The molecular formula is C20H30N4. The van der Waals surface area contributed by atoms with E-state index in [-0.39, 0.29) is 0 Å². The van der Waals surface area contributed by atoms with Crippen LogP contribution in [0.25, 0.3) is 0 Å². The van der Waals surface area contributed by atoms with Crippen molar-refractivity contribution in [2.45, 2.75) is 19.8 Å². The van der Waals surface area contributed by atoms with Gasteiger partial charge in [-0.3, -0.25) is 5.84 Å². The highest BCUT2D eigenvalue weighted by molar-refractivity contribution is 5.37. The maximum atomic E-state index is 5.99. The Bertz CT molecular complexity index is 576. The van der Waals surface area contributed by atoms with Crippen molar-refractivity contribution in [3.05, 3.63) is 72.2 Å². The number of nitrogens with zero attached hydrogens (tertiary/aromatic N) is 2. The highest BCUT2D eigenvalue weighted by Gasteiger charge is 2.22. The summed E-state index contributed by atoms with van der Waals surface area (Å²) >= 11 is 0. The van der Waals surface area contributed by atoms with Gasteiger partial charge in [0.1, 0.15) is 0 Å². The lowest BCUT2D eigenvalue weighted by Gasteiger charge is -2.19. The van der Waals surface area contributed by atoms with Gasteiger partial charge in [-0.25, -0.2) is 5.01 Å². The highest BCUT2D eigenvalue weighted by atomic mass is 15.4. The molecule has 1 saturated carbocycles. The van der Waals surface area contributed by atoms with E-state index in [2.05, 4.69) is 42.7 Å². The van der Waals surface area contributed by atoms with Crippen molar-refractivity contribution in [1.29, 1.82) is 0 Å². The van der Waals surface area contributed by atoms with E-state index in [1.54, 1.807) is 6.20 Å². The molecule has 0 radical (unpaired) electrons. The van der Waals surface area contributed by atoms with Gasteiger partial charge in [-0.1, -0.05) is 37.0 Å². The van der Waals surface area contributed by atoms with Gasteiger partial charge in [0.15, 0.2) is 0 Å². The Labute approximate surface area is 146 Å². The van der Waals surface area contributed by atoms with E-state index in [0.29, 0.717) is 0 Å². The summed E-state index contributed by atoms with van der Waals surface area (Å²) in [4.78, 5) is 2.32. The van der Waals surface area contributed by atoms with Crippen molar-refractivity contribution >= 4 is 0 Å². The first-order valence-electron chi connectivity index (χ1n) is 8.61.